The molecule has 44 heavy (non-hydrogen) atoms. The molecule has 0 amide bonds. The first-order valence-electron chi connectivity index (χ1n) is 14.4. The molecule has 0 aromatic carbocycles. The maximum Gasteiger partial charge on any atom is 0.310 e. The van der Waals surface area contributed by atoms with Crippen molar-refractivity contribution in [3.63, 3.8) is 0 Å². The van der Waals surface area contributed by atoms with Crippen molar-refractivity contribution in [2.75, 3.05) is 26.4 Å². The maximum absolute atomic E-state index is 11.0. The van der Waals surface area contributed by atoms with E-state index in [2.05, 4.69) is 16.7 Å². The van der Waals surface area contributed by atoms with Crippen molar-refractivity contribution in [3.05, 3.63) is 0 Å². The number of carbonyl (C=O) groups is 6. The van der Waals surface area contributed by atoms with Gasteiger partial charge in [0.05, 0.1) is 26.1 Å². The predicted molar refractivity (Wildman–Crippen MR) is 157 cm³/mol. The van der Waals surface area contributed by atoms with Crippen LogP contribution in [0.5, 0.6) is 0 Å². The zero-order valence-corrected chi connectivity index (χ0v) is 26.0. The van der Waals surface area contributed by atoms with E-state index in [1.807, 2.05) is 6.92 Å². The van der Waals surface area contributed by atoms with Gasteiger partial charge in [0.25, 0.3) is 0 Å². The van der Waals surface area contributed by atoms with Crippen LogP contribution in [-0.2, 0) is 38.5 Å². The highest BCUT2D eigenvalue weighted by Gasteiger charge is 2.06. The van der Waals surface area contributed by atoms with Crippen molar-refractivity contribution < 1.29 is 79.7 Å². The summed E-state index contributed by atoms with van der Waals surface area (Å²) in [7, 11) is 0. The number of hydrogen-bond donors (Lipinski definition) is 8. The van der Waals surface area contributed by atoms with Crippen LogP contribution in [0.2, 0.25) is 0 Å². The molecule has 0 saturated carbocycles. The Kier molecular flexibility index (Phi) is 51.1. The molecule has 0 aromatic heterocycles. The van der Waals surface area contributed by atoms with E-state index in [1.54, 1.807) is 0 Å². The molecule has 0 saturated heterocycles. The Balaban J connectivity index is -0.000000148. The van der Waals surface area contributed by atoms with Crippen molar-refractivity contribution >= 4 is 35.4 Å². The van der Waals surface area contributed by atoms with Gasteiger partial charge in [-0.05, 0) is 32.1 Å². The summed E-state index contributed by atoms with van der Waals surface area (Å²) in [6.07, 6.45) is 8.42. The molecule has 0 fully saturated rings. The van der Waals surface area contributed by atoms with Gasteiger partial charge in [-0.15, -0.1) is 0 Å². The average Bonchev–Trinajstić information content (AvgIpc) is 2.95. The monoisotopic (exact) mass is 646 g/mol. The lowest BCUT2D eigenvalue weighted by Crippen LogP contribution is -2.05. The second-order valence-corrected chi connectivity index (χ2v) is 8.92. The van der Waals surface area contributed by atoms with E-state index in [9.17, 15) is 28.8 Å². The maximum atomic E-state index is 11.0. The molecular weight excluding hydrogens is 592 g/mol. The molecular formula is C28H54O16. The van der Waals surface area contributed by atoms with Gasteiger partial charge in [0.1, 0.15) is 18.0 Å². The molecule has 0 atom stereocenters. The van der Waals surface area contributed by atoms with Gasteiger partial charge >= 0.3 is 23.9 Å². The minimum absolute atomic E-state index is 0.0229. The number of rotatable bonds is 23. The SMILES string of the molecule is CCCCCC(=O)CC(=O)O.CCCCCC(=O)CCC(=O)O.O=C(O)CCCOO.O=C(O)CCOO.OCCCCO. The first kappa shape index (κ1) is 50.6. The number of aliphatic hydroxyl groups is 2. The predicted octanol–water partition coefficient (Wildman–Crippen LogP) is 3.65. The highest BCUT2D eigenvalue weighted by Crippen LogP contribution is 2.03. The highest BCUT2D eigenvalue weighted by molar-refractivity contribution is 5.94. The zero-order valence-electron chi connectivity index (χ0n) is 26.0. The average molecular weight is 647 g/mol. The zero-order chi connectivity index (χ0) is 35.0. The van der Waals surface area contributed by atoms with Crippen molar-refractivity contribution in [1.29, 1.82) is 0 Å². The summed E-state index contributed by atoms with van der Waals surface area (Å²) < 4.78 is 0. The number of unbranched alkanes of at least 4 members (excludes halogenated alkanes) is 5. The normalized spacial score (nSPS) is 9.32. The van der Waals surface area contributed by atoms with Crippen molar-refractivity contribution in [1.82, 2.24) is 0 Å². The topological polar surface area (TPSA) is 283 Å². The second kappa shape index (κ2) is 44.4. The van der Waals surface area contributed by atoms with Crippen LogP contribution < -0.4 is 0 Å². The molecule has 0 heterocycles. The van der Waals surface area contributed by atoms with E-state index in [0.29, 0.717) is 19.3 Å². The lowest BCUT2D eigenvalue weighted by Gasteiger charge is -1.97. The van der Waals surface area contributed by atoms with Gasteiger partial charge in [-0.3, -0.25) is 39.3 Å². The Bertz CT molecular complexity index is 693. The van der Waals surface area contributed by atoms with Gasteiger partial charge in [-0.25, -0.2) is 9.78 Å². The molecule has 0 spiro atoms. The van der Waals surface area contributed by atoms with Crippen LogP contribution in [-0.4, -0.2) is 103 Å². The third-order valence-electron chi connectivity index (χ3n) is 4.68. The smallest absolute Gasteiger partial charge is 0.310 e. The summed E-state index contributed by atoms with van der Waals surface area (Å²) in [4.78, 5) is 68.2. The van der Waals surface area contributed by atoms with Gasteiger partial charge in [0, 0.05) is 38.9 Å². The molecule has 0 aliphatic heterocycles. The van der Waals surface area contributed by atoms with E-state index in [-0.39, 0.29) is 70.1 Å². The van der Waals surface area contributed by atoms with Gasteiger partial charge in [-0.2, -0.15) is 0 Å². The molecule has 16 nitrogen and oxygen atoms in total. The summed E-state index contributed by atoms with van der Waals surface area (Å²) in [5.41, 5.74) is 0. The summed E-state index contributed by atoms with van der Waals surface area (Å²) in [6, 6.07) is 0. The fourth-order valence-electron chi connectivity index (χ4n) is 2.42. The van der Waals surface area contributed by atoms with Crippen LogP contribution in [0.25, 0.3) is 0 Å². The molecule has 262 valence electrons. The van der Waals surface area contributed by atoms with Gasteiger partial charge in [0.15, 0.2) is 0 Å². The third kappa shape index (κ3) is 71.8. The molecule has 0 aromatic rings. The lowest BCUT2D eigenvalue weighted by atomic mass is 10.1. The minimum Gasteiger partial charge on any atom is -0.481 e. The fraction of sp³-hybridized carbons (Fsp3) is 0.786. The number of aliphatic hydroxyl groups excluding tert-OH is 2. The Labute approximate surface area is 258 Å². The molecule has 0 bridgehead atoms. The number of ketones is 2. The van der Waals surface area contributed by atoms with Gasteiger partial charge in [-0.1, -0.05) is 39.5 Å². The van der Waals surface area contributed by atoms with Crippen molar-refractivity contribution in [2.45, 2.75) is 117 Å². The number of Topliss-reactive ketones (excluding diaryl/α,β-unsaturated/α-hetero) is 2. The van der Waals surface area contributed by atoms with Crippen LogP contribution in [0, 0.1) is 0 Å². The molecule has 0 aliphatic carbocycles. The van der Waals surface area contributed by atoms with Crippen molar-refractivity contribution in [3.8, 4) is 0 Å². The largest absolute Gasteiger partial charge is 0.481 e. The summed E-state index contributed by atoms with van der Waals surface area (Å²) in [6.45, 7) is 4.45. The molecule has 0 unspecified atom stereocenters. The van der Waals surface area contributed by atoms with E-state index < -0.39 is 23.9 Å². The van der Waals surface area contributed by atoms with Crippen LogP contribution in [0.1, 0.15) is 117 Å². The molecule has 0 aliphatic rings. The first-order chi connectivity index (χ1) is 20.8. The van der Waals surface area contributed by atoms with Crippen LogP contribution in [0.15, 0.2) is 0 Å². The Morgan fingerprint density at radius 1 is 0.455 bits per heavy atom. The van der Waals surface area contributed by atoms with Gasteiger partial charge < -0.3 is 30.6 Å². The van der Waals surface area contributed by atoms with E-state index in [0.717, 1.165) is 51.4 Å². The standard InChI is InChI=1S/C9H16O3.C8H14O3.C4H8O4.C4H10O2.C3H6O4/c1-2-3-4-5-8(10)6-7-9(11)12;1-2-3-4-5-7(9)6-8(10)11;5-4(6)2-1-3-8-7;5-3-1-2-4-6;4-3(5)1-2-7-6/h2-7H2,1H3,(H,11,12);2-6H2,1H3,(H,10,11);7H,1-3H2,(H,5,6);5-6H,1-4H2;6H,1-2H2,(H,4,5). The number of carbonyl (C=O) groups excluding carboxylic acids is 2. The summed E-state index contributed by atoms with van der Waals surface area (Å²) in [5.74, 6) is -3.85. The lowest BCUT2D eigenvalue weighted by molar-refractivity contribution is -0.243. The first-order valence-corrected chi connectivity index (χ1v) is 14.4. The Morgan fingerprint density at radius 2 is 0.886 bits per heavy atom. The minimum atomic E-state index is -1.02. The quantitative estimate of drug-likeness (QED) is 0.0340. The van der Waals surface area contributed by atoms with E-state index >= 15 is 0 Å². The fourth-order valence-corrected chi connectivity index (χ4v) is 2.42. The van der Waals surface area contributed by atoms with E-state index in [4.69, 9.17) is 41.2 Å². The Morgan fingerprint density at radius 3 is 1.20 bits per heavy atom. The molecule has 0 radical (unpaired) electrons. The number of hydrogen-bond acceptors (Lipinski definition) is 12. The third-order valence-corrected chi connectivity index (χ3v) is 4.68. The number of aliphatic carboxylic acids is 4. The van der Waals surface area contributed by atoms with E-state index in [1.165, 1.54) is 0 Å². The summed E-state index contributed by atoms with van der Waals surface area (Å²) >= 11 is 0. The Hall–Kier alpha value is -3.02. The highest BCUT2D eigenvalue weighted by atomic mass is 17.1. The van der Waals surface area contributed by atoms with Crippen LogP contribution in [0.3, 0.4) is 0 Å². The molecule has 8 N–H and O–H groups in total. The second-order valence-electron chi connectivity index (χ2n) is 8.92. The molecule has 16 heteroatoms. The van der Waals surface area contributed by atoms with Crippen LogP contribution >= 0.6 is 0 Å². The molecule has 0 rings (SSSR count). The number of carboxylic acid groups (broad SMARTS) is 4. The van der Waals surface area contributed by atoms with Crippen LogP contribution in [0.4, 0.5) is 0 Å². The summed E-state index contributed by atoms with van der Waals surface area (Å²) in [5, 5.41) is 63.8. The number of carboxylic acids is 4. The van der Waals surface area contributed by atoms with Crippen molar-refractivity contribution in [2.24, 2.45) is 0 Å². The van der Waals surface area contributed by atoms with Gasteiger partial charge in [0.2, 0.25) is 0 Å².